The van der Waals surface area contributed by atoms with Crippen LogP contribution in [-0.2, 0) is 6.54 Å². The minimum atomic E-state index is -0.147. The van der Waals surface area contributed by atoms with E-state index in [1.165, 1.54) is 18.4 Å². The van der Waals surface area contributed by atoms with Crippen LogP contribution in [0.4, 0.5) is 5.95 Å². The molecule has 2 heterocycles. The summed E-state index contributed by atoms with van der Waals surface area (Å²) in [4.78, 5) is 26.7. The summed E-state index contributed by atoms with van der Waals surface area (Å²) in [6.07, 6.45) is 0. The van der Waals surface area contributed by atoms with Gasteiger partial charge in [0.2, 0.25) is 5.95 Å². The van der Waals surface area contributed by atoms with Crippen molar-refractivity contribution in [2.75, 3.05) is 26.1 Å². The first-order valence-electron chi connectivity index (χ1n) is 5.88. The number of aromatic nitrogens is 3. The maximum atomic E-state index is 11.8. The number of carbonyl (C=O) groups is 1. The van der Waals surface area contributed by atoms with Gasteiger partial charge < -0.3 is 15.0 Å². The zero-order valence-electron chi connectivity index (χ0n) is 11.5. The molecule has 0 bridgehead atoms. The number of anilines is 1. The molecule has 1 amide bonds. The van der Waals surface area contributed by atoms with Gasteiger partial charge in [-0.1, -0.05) is 6.07 Å². The highest BCUT2D eigenvalue weighted by atomic mass is 32.1. The minimum Gasteiger partial charge on any atom is -0.467 e. The van der Waals surface area contributed by atoms with Crippen LogP contribution in [0.5, 0.6) is 6.01 Å². The lowest BCUT2D eigenvalue weighted by Crippen LogP contribution is -2.24. The monoisotopic (exact) mass is 293 g/mol. The zero-order valence-corrected chi connectivity index (χ0v) is 12.3. The Bertz CT molecular complexity index is 586. The predicted molar refractivity (Wildman–Crippen MR) is 76.2 cm³/mol. The molecular formula is C12H15N5O2S. The van der Waals surface area contributed by atoms with E-state index in [0.29, 0.717) is 16.6 Å². The van der Waals surface area contributed by atoms with Crippen molar-refractivity contribution in [3.05, 3.63) is 28.2 Å². The van der Waals surface area contributed by atoms with Gasteiger partial charge in [-0.15, -0.1) is 11.3 Å². The number of ether oxygens (including phenoxy) is 1. The first kappa shape index (κ1) is 14.2. The van der Waals surface area contributed by atoms with E-state index in [1.807, 2.05) is 25.5 Å². The van der Waals surface area contributed by atoms with Crippen molar-refractivity contribution < 1.29 is 9.53 Å². The average molecular weight is 293 g/mol. The normalized spacial score (nSPS) is 10.2. The molecule has 106 valence electrons. The number of nitrogens with one attached hydrogen (secondary N) is 1. The van der Waals surface area contributed by atoms with E-state index in [0.717, 1.165) is 0 Å². The predicted octanol–water partition coefficient (Wildman–Crippen LogP) is 0.938. The van der Waals surface area contributed by atoms with Gasteiger partial charge in [-0.3, -0.25) is 4.79 Å². The van der Waals surface area contributed by atoms with E-state index in [9.17, 15) is 4.79 Å². The smallest absolute Gasteiger partial charge is 0.321 e. The topological polar surface area (TPSA) is 80.2 Å². The Kier molecular flexibility index (Phi) is 4.46. The summed E-state index contributed by atoms with van der Waals surface area (Å²) in [6, 6.07) is 3.82. The van der Waals surface area contributed by atoms with Crippen LogP contribution in [0.3, 0.4) is 0 Å². The van der Waals surface area contributed by atoms with Gasteiger partial charge >= 0.3 is 6.01 Å². The Morgan fingerprint density at radius 1 is 1.40 bits per heavy atom. The number of nitrogens with zero attached hydrogens (tertiary/aromatic N) is 4. The Hall–Kier alpha value is -2.22. The van der Waals surface area contributed by atoms with Crippen molar-refractivity contribution in [2.24, 2.45) is 0 Å². The Morgan fingerprint density at radius 2 is 2.20 bits per heavy atom. The number of methoxy groups -OCH3 is 1. The van der Waals surface area contributed by atoms with Gasteiger partial charge in [0.25, 0.3) is 5.91 Å². The molecule has 1 N–H and O–H groups in total. The molecule has 0 aliphatic carbocycles. The van der Waals surface area contributed by atoms with Crippen molar-refractivity contribution >= 4 is 23.2 Å². The van der Waals surface area contributed by atoms with Crippen LogP contribution < -0.4 is 15.0 Å². The summed E-state index contributed by atoms with van der Waals surface area (Å²) in [5, 5.41) is 4.62. The maximum absolute atomic E-state index is 11.8. The Balaban J connectivity index is 2.09. The van der Waals surface area contributed by atoms with Gasteiger partial charge in [0.05, 0.1) is 18.5 Å². The van der Waals surface area contributed by atoms with Crippen molar-refractivity contribution in [3.63, 3.8) is 0 Å². The van der Waals surface area contributed by atoms with Crippen LogP contribution in [-0.4, -0.2) is 42.1 Å². The summed E-state index contributed by atoms with van der Waals surface area (Å²) in [7, 11) is 5.13. The molecular weight excluding hydrogens is 278 g/mol. The molecule has 0 fully saturated rings. The molecule has 2 aromatic heterocycles. The molecule has 0 saturated heterocycles. The Labute approximate surface area is 120 Å². The van der Waals surface area contributed by atoms with E-state index >= 15 is 0 Å². The van der Waals surface area contributed by atoms with Crippen LogP contribution in [0.15, 0.2) is 17.5 Å². The number of thiophene rings is 1. The second-order valence-corrected chi connectivity index (χ2v) is 5.04. The second kappa shape index (κ2) is 6.29. The summed E-state index contributed by atoms with van der Waals surface area (Å²) in [5.74, 6) is 0.786. The van der Waals surface area contributed by atoms with E-state index in [-0.39, 0.29) is 18.5 Å². The van der Waals surface area contributed by atoms with Gasteiger partial charge in [0, 0.05) is 14.1 Å². The molecule has 7 nitrogen and oxygen atoms in total. The highest BCUT2D eigenvalue weighted by Gasteiger charge is 2.11. The van der Waals surface area contributed by atoms with Gasteiger partial charge in [0.1, 0.15) is 0 Å². The van der Waals surface area contributed by atoms with Crippen LogP contribution in [0, 0.1) is 0 Å². The molecule has 8 heteroatoms. The van der Waals surface area contributed by atoms with Crippen LogP contribution in [0.2, 0.25) is 0 Å². The standard InChI is InChI=1S/C12H15N5O2S/c1-17(2)11-14-9(15-12(16-11)19-3)7-13-10(18)8-5-4-6-20-8/h4-6H,7H2,1-3H3,(H,13,18). The number of rotatable bonds is 5. The number of hydrogen-bond donors (Lipinski definition) is 1. The summed E-state index contributed by atoms with van der Waals surface area (Å²) < 4.78 is 5.03. The molecule has 0 atom stereocenters. The maximum Gasteiger partial charge on any atom is 0.321 e. The highest BCUT2D eigenvalue weighted by molar-refractivity contribution is 7.12. The van der Waals surface area contributed by atoms with Crippen molar-refractivity contribution in [2.45, 2.75) is 6.54 Å². The third kappa shape index (κ3) is 3.41. The third-order valence-corrected chi connectivity index (χ3v) is 3.25. The van der Waals surface area contributed by atoms with Crippen molar-refractivity contribution in [1.29, 1.82) is 0 Å². The molecule has 2 rings (SSSR count). The summed E-state index contributed by atoms with van der Waals surface area (Å²) >= 11 is 1.38. The average Bonchev–Trinajstić information content (AvgIpc) is 2.98. The minimum absolute atomic E-state index is 0.147. The molecule has 0 aromatic carbocycles. The first-order valence-corrected chi connectivity index (χ1v) is 6.76. The lowest BCUT2D eigenvalue weighted by atomic mass is 10.4. The number of amides is 1. The van der Waals surface area contributed by atoms with E-state index in [2.05, 4.69) is 20.3 Å². The molecule has 0 radical (unpaired) electrons. The molecule has 0 saturated carbocycles. The quantitative estimate of drug-likeness (QED) is 0.883. The van der Waals surface area contributed by atoms with E-state index in [4.69, 9.17) is 4.74 Å². The molecule has 0 aliphatic rings. The van der Waals surface area contributed by atoms with Gasteiger partial charge in [-0.05, 0) is 11.4 Å². The van der Waals surface area contributed by atoms with Crippen LogP contribution >= 0.6 is 11.3 Å². The fourth-order valence-electron chi connectivity index (χ4n) is 1.41. The van der Waals surface area contributed by atoms with E-state index < -0.39 is 0 Å². The van der Waals surface area contributed by atoms with Crippen LogP contribution in [0.1, 0.15) is 15.5 Å². The van der Waals surface area contributed by atoms with Gasteiger partial charge in [-0.2, -0.15) is 15.0 Å². The van der Waals surface area contributed by atoms with Gasteiger partial charge in [-0.25, -0.2) is 0 Å². The fraction of sp³-hybridized carbons (Fsp3) is 0.333. The third-order valence-electron chi connectivity index (χ3n) is 2.38. The van der Waals surface area contributed by atoms with Crippen molar-refractivity contribution in [3.8, 4) is 6.01 Å². The molecule has 0 aliphatic heterocycles. The number of hydrogen-bond acceptors (Lipinski definition) is 7. The lowest BCUT2D eigenvalue weighted by molar-refractivity contribution is 0.0953. The number of carbonyl (C=O) groups excluding carboxylic acids is 1. The van der Waals surface area contributed by atoms with Crippen LogP contribution in [0.25, 0.3) is 0 Å². The molecule has 20 heavy (non-hydrogen) atoms. The first-order chi connectivity index (χ1) is 9.60. The van der Waals surface area contributed by atoms with Gasteiger partial charge in [0.15, 0.2) is 5.82 Å². The fourth-order valence-corrected chi connectivity index (χ4v) is 2.05. The Morgan fingerprint density at radius 3 is 2.80 bits per heavy atom. The second-order valence-electron chi connectivity index (χ2n) is 4.09. The summed E-state index contributed by atoms with van der Waals surface area (Å²) in [5.41, 5.74) is 0. The van der Waals surface area contributed by atoms with Crippen molar-refractivity contribution in [1.82, 2.24) is 20.3 Å². The molecule has 0 unspecified atom stereocenters. The van der Waals surface area contributed by atoms with E-state index in [1.54, 1.807) is 11.0 Å². The highest BCUT2D eigenvalue weighted by Crippen LogP contribution is 2.11. The largest absolute Gasteiger partial charge is 0.467 e. The zero-order chi connectivity index (χ0) is 14.5. The molecule has 2 aromatic rings. The lowest BCUT2D eigenvalue weighted by Gasteiger charge is -2.12. The molecule has 0 spiro atoms. The summed E-state index contributed by atoms with van der Waals surface area (Å²) in [6.45, 7) is 0.219. The SMILES string of the molecule is COc1nc(CNC(=O)c2cccs2)nc(N(C)C)n1.